The van der Waals surface area contributed by atoms with E-state index in [0.717, 1.165) is 21.7 Å². The summed E-state index contributed by atoms with van der Waals surface area (Å²) in [6.07, 6.45) is 3.33. The van der Waals surface area contributed by atoms with Gasteiger partial charge in [-0.25, -0.2) is 9.78 Å². The number of thiazole rings is 1. The minimum absolute atomic E-state index is 0.0536. The zero-order chi connectivity index (χ0) is 22.7. The summed E-state index contributed by atoms with van der Waals surface area (Å²) in [6.45, 7) is 6.59. The third-order valence-electron chi connectivity index (χ3n) is 4.96. The van der Waals surface area contributed by atoms with Crippen LogP contribution in [0.15, 0.2) is 54.9 Å². The Labute approximate surface area is 191 Å². The van der Waals surface area contributed by atoms with Crippen LogP contribution in [0.4, 0.5) is 9.93 Å². The van der Waals surface area contributed by atoms with Gasteiger partial charge < -0.3 is 9.64 Å². The van der Waals surface area contributed by atoms with E-state index in [-0.39, 0.29) is 12.3 Å². The van der Waals surface area contributed by atoms with Crippen LogP contribution in [-0.4, -0.2) is 52.1 Å². The van der Waals surface area contributed by atoms with Crippen molar-refractivity contribution in [3.05, 3.63) is 54.9 Å². The van der Waals surface area contributed by atoms with Crippen LogP contribution in [-0.2, 0) is 9.53 Å². The molecule has 3 aromatic rings. The van der Waals surface area contributed by atoms with Crippen molar-refractivity contribution in [2.45, 2.75) is 32.8 Å². The molecule has 0 radical (unpaired) electrons. The van der Waals surface area contributed by atoms with Gasteiger partial charge in [0.2, 0.25) is 5.91 Å². The van der Waals surface area contributed by atoms with Gasteiger partial charge in [-0.3, -0.25) is 14.7 Å². The van der Waals surface area contributed by atoms with Gasteiger partial charge in [0.25, 0.3) is 0 Å². The van der Waals surface area contributed by atoms with Crippen molar-refractivity contribution in [2.24, 2.45) is 0 Å². The Morgan fingerprint density at radius 1 is 1.03 bits per heavy atom. The Morgan fingerprint density at radius 2 is 1.78 bits per heavy atom. The number of benzene rings is 1. The van der Waals surface area contributed by atoms with Crippen LogP contribution in [0.3, 0.4) is 0 Å². The first-order valence-electron chi connectivity index (χ1n) is 10.6. The van der Waals surface area contributed by atoms with E-state index in [2.05, 4.69) is 4.98 Å². The van der Waals surface area contributed by atoms with Gasteiger partial charge in [0.1, 0.15) is 5.60 Å². The maximum absolute atomic E-state index is 13.0. The number of anilines is 1. The lowest BCUT2D eigenvalue weighted by Crippen LogP contribution is -2.39. The molecule has 0 spiro atoms. The topological polar surface area (TPSA) is 75.6 Å². The molecule has 2 aromatic heterocycles. The number of hydrogen-bond donors (Lipinski definition) is 0. The van der Waals surface area contributed by atoms with Crippen LogP contribution in [0.2, 0.25) is 0 Å². The molecular formula is C24H26N4O3S. The quantitative estimate of drug-likeness (QED) is 0.570. The maximum Gasteiger partial charge on any atom is 0.410 e. The Bertz CT molecular complexity index is 1040. The van der Waals surface area contributed by atoms with E-state index in [1.165, 1.54) is 11.3 Å². The number of carbonyl (C=O) groups excluding carboxylic acids is 2. The number of ether oxygens (including phenoxy) is 1. The molecule has 32 heavy (non-hydrogen) atoms. The largest absolute Gasteiger partial charge is 0.444 e. The van der Waals surface area contributed by atoms with E-state index in [1.807, 2.05) is 63.2 Å². The monoisotopic (exact) mass is 450 g/mol. The van der Waals surface area contributed by atoms with Crippen LogP contribution >= 0.6 is 11.3 Å². The summed E-state index contributed by atoms with van der Waals surface area (Å²) in [5.41, 5.74) is 2.15. The van der Waals surface area contributed by atoms with Gasteiger partial charge in [-0.15, -0.1) is 0 Å². The van der Waals surface area contributed by atoms with Gasteiger partial charge >= 0.3 is 6.09 Å². The third kappa shape index (κ3) is 4.96. The van der Waals surface area contributed by atoms with Gasteiger partial charge in [0.05, 0.1) is 10.6 Å². The summed E-state index contributed by atoms with van der Waals surface area (Å²) in [5.74, 6) is -0.0536. The lowest BCUT2D eigenvalue weighted by molar-refractivity contribution is -0.118. The second kappa shape index (κ2) is 9.08. The molecule has 4 rings (SSSR count). The molecule has 1 saturated heterocycles. The van der Waals surface area contributed by atoms with Crippen LogP contribution < -0.4 is 4.90 Å². The molecule has 0 aliphatic carbocycles. The zero-order valence-electron chi connectivity index (χ0n) is 18.4. The minimum Gasteiger partial charge on any atom is -0.444 e. The van der Waals surface area contributed by atoms with Crippen molar-refractivity contribution in [3.8, 4) is 21.7 Å². The first-order valence-corrected chi connectivity index (χ1v) is 11.4. The van der Waals surface area contributed by atoms with E-state index in [1.54, 1.807) is 22.2 Å². The van der Waals surface area contributed by atoms with Crippen molar-refractivity contribution in [2.75, 3.05) is 24.5 Å². The Morgan fingerprint density at radius 3 is 2.47 bits per heavy atom. The van der Waals surface area contributed by atoms with Crippen LogP contribution in [0, 0.1) is 0 Å². The summed E-state index contributed by atoms with van der Waals surface area (Å²) in [4.78, 5) is 38.8. The Hall–Kier alpha value is -3.26. The van der Waals surface area contributed by atoms with Gasteiger partial charge in [0, 0.05) is 44.0 Å². The number of amides is 2. The second-order valence-electron chi connectivity index (χ2n) is 8.54. The minimum atomic E-state index is -0.578. The third-order valence-corrected chi connectivity index (χ3v) is 6.09. The summed E-state index contributed by atoms with van der Waals surface area (Å²) in [7, 11) is 0. The van der Waals surface area contributed by atoms with Crippen molar-refractivity contribution >= 4 is 28.5 Å². The number of carbonyl (C=O) groups is 2. The number of aromatic nitrogens is 2. The smallest absolute Gasteiger partial charge is 0.410 e. The van der Waals surface area contributed by atoms with Crippen molar-refractivity contribution < 1.29 is 14.3 Å². The van der Waals surface area contributed by atoms with Gasteiger partial charge in [-0.05, 0) is 38.5 Å². The summed E-state index contributed by atoms with van der Waals surface area (Å²) < 4.78 is 5.49. The molecule has 0 bridgehead atoms. The van der Waals surface area contributed by atoms with E-state index in [9.17, 15) is 9.59 Å². The highest BCUT2D eigenvalue weighted by Crippen LogP contribution is 2.40. The highest BCUT2D eigenvalue weighted by atomic mass is 32.1. The molecule has 8 heteroatoms. The fourth-order valence-corrected chi connectivity index (χ4v) is 4.58. The number of pyridine rings is 1. The molecule has 166 valence electrons. The average Bonchev–Trinajstić information content (AvgIpc) is 3.11. The lowest BCUT2D eigenvalue weighted by Gasteiger charge is -2.26. The molecule has 1 fully saturated rings. The predicted molar refractivity (Wildman–Crippen MR) is 126 cm³/mol. The number of hydrogen-bond acceptors (Lipinski definition) is 6. The fourth-order valence-electron chi connectivity index (χ4n) is 3.44. The molecule has 0 atom stereocenters. The fraction of sp³-hybridized carbons (Fsp3) is 0.333. The van der Waals surface area contributed by atoms with Gasteiger partial charge in [-0.2, -0.15) is 0 Å². The predicted octanol–water partition coefficient (Wildman–Crippen LogP) is 4.85. The standard InChI is InChI=1S/C24H26N4O3S/c1-24(2,3)31-23(30)27-13-11-19(29)28(15-14-27)22-26-20(18-10-7-12-25-16-18)21(32-22)17-8-5-4-6-9-17/h4-10,12,16H,11,13-15H2,1-3H3. The summed E-state index contributed by atoms with van der Waals surface area (Å²) in [6, 6.07) is 13.8. The van der Waals surface area contributed by atoms with Crippen LogP contribution in [0.5, 0.6) is 0 Å². The first kappa shape index (κ1) is 22.0. The van der Waals surface area contributed by atoms with E-state index < -0.39 is 11.7 Å². The molecule has 1 aliphatic heterocycles. The summed E-state index contributed by atoms with van der Waals surface area (Å²) >= 11 is 1.48. The number of nitrogens with zero attached hydrogens (tertiary/aromatic N) is 4. The van der Waals surface area contributed by atoms with Crippen molar-refractivity contribution in [3.63, 3.8) is 0 Å². The average molecular weight is 451 g/mol. The van der Waals surface area contributed by atoms with Gasteiger partial charge in [-0.1, -0.05) is 41.7 Å². The van der Waals surface area contributed by atoms with Crippen LogP contribution in [0.25, 0.3) is 21.7 Å². The molecule has 0 saturated carbocycles. The second-order valence-corrected chi connectivity index (χ2v) is 9.52. The highest BCUT2D eigenvalue weighted by molar-refractivity contribution is 7.19. The lowest BCUT2D eigenvalue weighted by atomic mass is 10.1. The zero-order valence-corrected chi connectivity index (χ0v) is 19.3. The Kier molecular flexibility index (Phi) is 6.23. The SMILES string of the molecule is CC(C)(C)OC(=O)N1CCC(=O)N(c2nc(-c3cccnc3)c(-c3ccccc3)s2)CC1. The summed E-state index contributed by atoms with van der Waals surface area (Å²) in [5, 5.41) is 0.624. The maximum atomic E-state index is 13.0. The molecule has 1 aromatic carbocycles. The van der Waals surface area contributed by atoms with E-state index in [0.29, 0.717) is 24.8 Å². The van der Waals surface area contributed by atoms with E-state index in [4.69, 9.17) is 9.72 Å². The molecule has 7 nitrogen and oxygen atoms in total. The number of rotatable bonds is 3. The van der Waals surface area contributed by atoms with Crippen molar-refractivity contribution in [1.29, 1.82) is 0 Å². The molecular weight excluding hydrogens is 424 g/mol. The molecule has 3 heterocycles. The molecule has 0 N–H and O–H groups in total. The van der Waals surface area contributed by atoms with Crippen LogP contribution in [0.1, 0.15) is 27.2 Å². The Balaban J connectivity index is 1.64. The highest BCUT2D eigenvalue weighted by Gasteiger charge is 2.30. The van der Waals surface area contributed by atoms with Crippen molar-refractivity contribution in [1.82, 2.24) is 14.9 Å². The normalized spacial score (nSPS) is 14.9. The first-order chi connectivity index (χ1) is 15.3. The molecule has 1 aliphatic rings. The van der Waals surface area contributed by atoms with Gasteiger partial charge in [0.15, 0.2) is 5.13 Å². The molecule has 2 amide bonds. The van der Waals surface area contributed by atoms with E-state index >= 15 is 0 Å². The molecule has 0 unspecified atom stereocenters.